The van der Waals surface area contributed by atoms with Gasteiger partial charge in [-0.1, -0.05) is 13.0 Å². The molecule has 0 aliphatic heterocycles. The zero-order chi connectivity index (χ0) is 13.3. The maximum Gasteiger partial charge on any atom is 0.177 e. The van der Waals surface area contributed by atoms with Gasteiger partial charge < -0.3 is 10.7 Å². The lowest BCUT2D eigenvalue weighted by Crippen LogP contribution is -2.05. The van der Waals surface area contributed by atoms with Crippen molar-refractivity contribution < 1.29 is 8.42 Å². The maximum atomic E-state index is 11.7. The summed E-state index contributed by atoms with van der Waals surface area (Å²) >= 11 is 0. The molecule has 2 aromatic rings. The Bertz CT molecular complexity index is 661. The SMILES string of the molecule is CC(CCN)c1nc2c(S(C)(=O)=O)cccc2[nH]1. The first-order chi connectivity index (χ1) is 8.43. The molecule has 1 heterocycles. The van der Waals surface area contributed by atoms with Crippen molar-refractivity contribution in [3.8, 4) is 0 Å². The number of nitrogens with zero attached hydrogens (tertiary/aromatic N) is 1. The Kier molecular flexibility index (Phi) is 3.41. The Hall–Kier alpha value is -1.40. The van der Waals surface area contributed by atoms with Gasteiger partial charge in [-0.05, 0) is 25.1 Å². The third-order valence-electron chi connectivity index (χ3n) is 2.96. The van der Waals surface area contributed by atoms with Gasteiger partial charge in [0.25, 0.3) is 0 Å². The lowest BCUT2D eigenvalue weighted by molar-refractivity contribution is 0.602. The van der Waals surface area contributed by atoms with E-state index >= 15 is 0 Å². The molecule has 6 heteroatoms. The number of sulfone groups is 1. The Morgan fingerprint density at radius 3 is 2.78 bits per heavy atom. The van der Waals surface area contributed by atoms with E-state index in [1.807, 2.05) is 13.0 Å². The molecule has 1 aromatic carbocycles. The van der Waals surface area contributed by atoms with Crippen LogP contribution >= 0.6 is 0 Å². The summed E-state index contributed by atoms with van der Waals surface area (Å²) < 4.78 is 23.4. The minimum Gasteiger partial charge on any atom is -0.342 e. The average Bonchev–Trinajstić information content (AvgIpc) is 2.71. The van der Waals surface area contributed by atoms with Crippen LogP contribution in [0.5, 0.6) is 0 Å². The van der Waals surface area contributed by atoms with E-state index in [0.717, 1.165) is 17.8 Å². The summed E-state index contributed by atoms with van der Waals surface area (Å²) in [6, 6.07) is 5.12. The molecular formula is C12H17N3O2S. The highest BCUT2D eigenvalue weighted by atomic mass is 32.2. The number of nitrogens with two attached hydrogens (primary N) is 1. The minimum atomic E-state index is -3.26. The van der Waals surface area contributed by atoms with Gasteiger partial charge in [-0.2, -0.15) is 0 Å². The second-order valence-corrected chi connectivity index (χ2v) is 6.51. The Morgan fingerprint density at radius 2 is 2.17 bits per heavy atom. The van der Waals surface area contributed by atoms with Crippen LogP contribution in [0.25, 0.3) is 11.0 Å². The summed E-state index contributed by atoms with van der Waals surface area (Å²) in [7, 11) is -3.26. The van der Waals surface area contributed by atoms with Crippen LogP contribution in [0.1, 0.15) is 25.1 Å². The molecule has 0 aliphatic carbocycles. The van der Waals surface area contributed by atoms with E-state index in [1.54, 1.807) is 12.1 Å². The first-order valence-electron chi connectivity index (χ1n) is 5.82. The highest BCUT2D eigenvalue weighted by Crippen LogP contribution is 2.24. The number of para-hydroxylation sites is 1. The first-order valence-corrected chi connectivity index (χ1v) is 7.71. The van der Waals surface area contributed by atoms with E-state index in [1.165, 1.54) is 6.26 Å². The number of fused-ring (bicyclic) bond motifs is 1. The molecule has 0 saturated carbocycles. The highest BCUT2D eigenvalue weighted by Gasteiger charge is 2.17. The molecule has 0 fully saturated rings. The van der Waals surface area contributed by atoms with Crippen LogP contribution in [0.3, 0.4) is 0 Å². The number of imidazole rings is 1. The number of aromatic nitrogens is 2. The van der Waals surface area contributed by atoms with Crippen molar-refractivity contribution in [3.05, 3.63) is 24.0 Å². The van der Waals surface area contributed by atoms with Crippen molar-refractivity contribution >= 4 is 20.9 Å². The number of H-pyrrole nitrogens is 1. The van der Waals surface area contributed by atoms with E-state index in [4.69, 9.17) is 5.73 Å². The number of hydrogen-bond acceptors (Lipinski definition) is 4. The first kappa shape index (κ1) is 13.0. The van der Waals surface area contributed by atoms with Crippen molar-refractivity contribution in [1.29, 1.82) is 0 Å². The Labute approximate surface area is 106 Å². The summed E-state index contributed by atoms with van der Waals surface area (Å²) in [6.07, 6.45) is 2.01. The smallest absolute Gasteiger partial charge is 0.177 e. The third-order valence-corrected chi connectivity index (χ3v) is 4.09. The van der Waals surface area contributed by atoms with E-state index in [2.05, 4.69) is 9.97 Å². The molecule has 1 atom stereocenters. The van der Waals surface area contributed by atoms with Crippen molar-refractivity contribution in [2.45, 2.75) is 24.2 Å². The molecule has 98 valence electrons. The number of hydrogen-bond donors (Lipinski definition) is 2. The number of aromatic amines is 1. The largest absolute Gasteiger partial charge is 0.342 e. The van der Waals surface area contributed by atoms with Crippen LogP contribution in [0.15, 0.2) is 23.1 Å². The summed E-state index contributed by atoms with van der Waals surface area (Å²) in [4.78, 5) is 7.84. The van der Waals surface area contributed by atoms with Gasteiger partial charge in [-0.3, -0.25) is 0 Å². The van der Waals surface area contributed by atoms with Crippen molar-refractivity contribution in [1.82, 2.24) is 9.97 Å². The standard InChI is InChI=1S/C12H17N3O2S/c1-8(6-7-13)12-14-9-4-3-5-10(11(9)15-12)18(2,16)17/h3-5,8H,6-7,13H2,1-2H3,(H,14,15). The zero-order valence-electron chi connectivity index (χ0n) is 10.5. The molecule has 18 heavy (non-hydrogen) atoms. The van der Waals surface area contributed by atoms with E-state index < -0.39 is 9.84 Å². The minimum absolute atomic E-state index is 0.190. The molecule has 5 nitrogen and oxygen atoms in total. The molecule has 0 saturated heterocycles. The van der Waals surface area contributed by atoms with Gasteiger partial charge in [-0.25, -0.2) is 13.4 Å². The van der Waals surface area contributed by atoms with Crippen LogP contribution in [0.4, 0.5) is 0 Å². The Morgan fingerprint density at radius 1 is 1.44 bits per heavy atom. The van der Waals surface area contributed by atoms with Gasteiger partial charge in [0.2, 0.25) is 0 Å². The van der Waals surface area contributed by atoms with Crippen LogP contribution in [-0.2, 0) is 9.84 Å². The molecule has 1 aromatic heterocycles. The van der Waals surface area contributed by atoms with Crippen LogP contribution < -0.4 is 5.73 Å². The topological polar surface area (TPSA) is 88.8 Å². The summed E-state index contributed by atoms with van der Waals surface area (Å²) in [5, 5.41) is 0. The second kappa shape index (κ2) is 4.70. The van der Waals surface area contributed by atoms with Crippen LogP contribution in [0.2, 0.25) is 0 Å². The fourth-order valence-corrected chi connectivity index (χ4v) is 2.78. The van der Waals surface area contributed by atoms with E-state index in [9.17, 15) is 8.42 Å². The number of rotatable bonds is 4. The predicted molar refractivity (Wildman–Crippen MR) is 71.3 cm³/mol. The van der Waals surface area contributed by atoms with Gasteiger partial charge in [0.15, 0.2) is 9.84 Å². The fraction of sp³-hybridized carbons (Fsp3) is 0.417. The number of nitrogens with one attached hydrogen (secondary N) is 1. The maximum absolute atomic E-state index is 11.7. The number of benzene rings is 1. The quantitative estimate of drug-likeness (QED) is 0.876. The Balaban J connectivity index is 2.58. The van der Waals surface area contributed by atoms with Gasteiger partial charge >= 0.3 is 0 Å². The zero-order valence-corrected chi connectivity index (χ0v) is 11.3. The molecule has 0 aliphatic rings. The van der Waals surface area contributed by atoms with E-state index in [0.29, 0.717) is 12.1 Å². The average molecular weight is 267 g/mol. The predicted octanol–water partition coefficient (Wildman–Crippen LogP) is 1.42. The van der Waals surface area contributed by atoms with Crippen molar-refractivity contribution in [2.24, 2.45) is 5.73 Å². The fourth-order valence-electron chi connectivity index (χ4n) is 1.94. The summed E-state index contributed by atoms with van der Waals surface area (Å²) in [5.41, 5.74) is 6.78. The molecule has 2 rings (SSSR count). The molecular weight excluding hydrogens is 250 g/mol. The van der Waals surface area contributed by atoms with Crippen molar-refractivity contribution in [2.75, 3.05) is 12.8 Å². The lowest BCUT2D eigenvalue weighted by atomic mass is 10.1. The monoisotopic (exact) mass is 267 g/mol. The molecule has 0 spiro atoms. The van der Waals surface area contributed by atoms with Crippen LogP contribution in [-0.4, -0.2) is 31.2 Å². The lowest BCUT2D eigenvalue weighted by Gasteiger charge is -2.04. The molecule has 0 bridgehead atoms. The van der Waals surface area contributed by atoms with Gasteiger partial charge in [-0.15, -0.1) is 0 Å². The normalized spacial score (nSPS) is 13.9. The summed E-state index contributed by atoms with van der Waals surface area (Å²) in [5.74, 6) is 0.973. The van der Waals surface area contributed by atoms with Gasteiger partial charge in [0.1, 0.15) is 11.3 Å². The summed E-state index contributed by atoms with van der Waals surface area (Å²) in [6.45, 7) is 2.60. The highest BCUT2D eigenvalue weighted by molar-refractivity contribution is 7.91. The second-order valence-electron chi connectivity index (χ2n) is 4.52. The van der Waals surface area contributed by atoms with Gasteiger partial charge in [0.05, 0.1) is 10.4 Å². The van der Waals surface area contributed by atoms with E-state index in [-0.39, 0.29) is 10.8 Å². The molecule has 0 radical (unpaired) electrons. The van der Waals surface area contributed by atoms with Crippen LogP contribution in [0, 0.1) is 0 Å². The third kappa shape index (κ3) is 2.39. The molecule has 3 N–H and O–H groups in total. The van der Waals surface area contributed by atoms with Gasteiger partial charge in [0, 0.05) is 12.2 Å². The molecule has 0 amide bonds. The van der Waals surface area contributed by atoms with Crippen molar-refractivity contribution in [3.63, 3.8) is 0 Å². The molecule has 1 unspecified atom stereocenters.